The molecule has 21 heavy (non-hydrogen) atoms. The van der Waals surface area contributed by atoms with Gasteiger partial charge in [0.25, 0.3) is 0 Å². The summed E-state index contributed by atoms with van der Waals surface area (Å²) in [5.74, 6) is 3.00. The Balaban J connectivity index is 2.57. The van der Waals surface area contributed by atoms with Crippen molar-refractivity contribution in [1.29, 1.82) is 0 Å². The van der Waals surface area contributed by atoms with Crippen LogP contribution in [0.5, 0.6) is 11.5 Å². The zero-order chi connectivity index (χ0) is 15.4. The van der Waals surface area contributed by atoms with Crippen molar-refractivity contribution in [3.63, 3.8) is 0 Å². The maximum Gasteiger partial charge on any atom is 0.230 e. The van der Waals surface area contributed by atoms with Gasteiger partial charge in [-0.25, -0.2) is 0 Å². The normalized spacial score (nSPS) is 10.1. The lowest BCUT2D eigenvalue weighted by molar-refractivity contribution is 0.394. The third-order valence-corrected chi connectivity index (χ3v) is 2.86. The average Bonchev–Trinajstić information content (AvgIpc) is 2.53. The van der Waals surface area contributed by atoms with Crippen LogP contribution in [0.15, 0.2) is 18.2 Å². The Morgan fingerprint density at radius 1 is 0.952 bits per heavy atom. The number of benzene rings is 1. The summed E-state index contributed by atoms with van der Waals surface area (Å²) in [6.07, 6.45) is 0. The largest absolute Gasteiger partial charge is 0.497 e. The highest BCUT2D eigenvalue weighted by atomic mass is 16.5. The number of aromatic nitrogens is 3. The molecular weight excluding hydrogens is 270 g/mol. The van der Waals surface area contributed by atoms with Crippen LogP contribution >= 0.6 is 0 Å². The van der Waals surface area contributed by atoms with E-state index in [1.165, 1.54) is 0 Å². The van der Waals surface area contributed by atoms with Gasteiger partial charge in [0.15, 0.2) is 5.82 Å². The minimum Gasteiger partial charge on any atom is -0.497 e. The van der Waals surface area contributed by atoms with Gasteiger partial charge in [-0.3, -0.25) is 0 Å². The molecule has 7 heteroatoms. The summed E-state index contributed by atoms with van der Waals surface area (Å²) in [7, 11) is 8.74. The van der Waals surface area contributed by atoms with Gasteiger partial charge in [0, 0.05) is 32.8 Å². The lowest BCUT2D eigenvalue weighted by atomic mass is 10.2. The van der Waals surface area contributed by atoms with Gasteiger partial charge in [-0.05, 0) is 12.1 Å². The summed E-state index contributed by atoms with van der Waals surface area (Å²) in [5.41, 5.74) is 0.799. The first-order valence-corrected chi connectivity index (χ1v) is 6.42. The first-order valence-electron chi connectivity index (χ1n) is 6.42. The fourth-order valence-corrected chi connectivity index (χ4v) is 1.74. The first-order chi connectivity index (χ1) is 10.1. The van der Waals surface area contributed by atoms with Crippen LogP contribution in [0.4, 0.5) is 11.9 Å². The van der Waals surface area contributed by atoms with E-state index in [9.17, 15) is 0 Å². The Kier molecular flexibility index (Phi) is 4.42. The van der Waals surface area contributed by atoms with Gasteiger partial charge in [-0.15, -0.1) is 0 Å². The number of hydrogen-bond acceptors (Lipinski definition) is 7. The molecule has 1 aromatic carbocycles. The molecule has 1 heterocycles. The number of anilines is 2. The highest BCUT2D eigenvalue weighted by molar-refractivity contribution is 5.63. The lowest BCUT2D eigenvalue weighted by Crippen LogP contribution is -2.15. The topological polar surface area (TPSA) is 72.4 Å². The molecule has 0 radical (unpaired) electrons. The summed E-state index contributed by atoms with van der Waals surface area (Å²) >= 11 is 0. The second kappa shape index (κ2) is 6.25. The SMILES string of the molecule is CNc1nc(-c2cc(OC)cc(OC)c2)nc(N(C)C)n1. The molecule has 1 N–H and O–H groups in total. The minimum atomic E-state index is 0.505. The molecule has 2 aromatic rings. The monoisotopic (exact) mass is 289 g/mol. The number of rotatable bonds is 5. The van der Waals surface area contributed by atoms with Gasteiger partial charge in [0.2, 0.25) is 11.9 Å². The maximum absolute atomic E-state index is 5.28. The summed E-state index contributed by atoms with van der Waals surface area (Å²) < 4.78 is 10.6. The van der Waals surface area contributed by atoms with Gasteiger partial charge in [0.1, 0.15) is 11.5 Å². The van der Waals surface area contributed by atoms with Gasteiger partial charge in [0.05, 0.1) is 14.2 Å². The molecular formula is C14H19N5O2. The van der Waals surface area contributed by atoms with Crippen LogP contribution < -0.4 is 19.7 Å². The van der Waals surface area contributed by atoms with Gasteiger partial charge in [-0.2, -0.15) is 15.0 Å². The molecule has 1 aromatic heterocycles. The van der Waals surface area contributed by atoms with Crippen molar-refractivity contribution in [2.75, 3.05) is 45.6 Å². The fraction of sp³-hybridized carbons (Fsp3) is 0.357. The van der Waals surface area contributed by atoms with Crippen molar-refractivity contribution < 1.29 is 9.47 Å². The number of ether oxygens (including phenoxy) is 2. The van der Waals surface area contributed by atoms with Gasteiger partial charge < -0.3 is 19.7 Å². The van der Waals surface area contributed by atoms with E-state index >= 15 is 0 Å². The molecule has 0 amide bonds. The summed E-state index contributed by atoms with van der Waals surface area (Å²) in [5, 5.41) is 2.94. The van der Waals surface area contributed by atoms with Crippen molar-refractivity contribution in [3.05, 3.63) is 18.2 Å². The van der Waals surface area contributed by atoms with Crippen LogP contribution in [0.25, 0.3) is 11.4 Å². The van der Waals surface area contributed by atoms with E-state index in [1.54, 1.807) is 27.3 Å². The van der Waals surface area contributed by atoms with Crippen LogP contribution in [0, 0.1) is 0 Å². The molecule has 112 valence electrons. The molecule has 0 atom stereocenters. The Morgan fingerprint density at radius 2 is 1.57 bits per heavy atom. The highest BCUT2D eigenvalue weighted by Crippen LogP contribution is 2.28. The molecule has 0 bridgehead atoms. The number of nitrogens with zero attached hydrogens (tertiary/aromatic N) is 4. The fourth-order valence-electron chi connectivity index (χ4n) is 1.74. The lowest BCUT2D eigenvalue weighted by Gasteiger charge is -2.13. The summed E-state index contributed by atoms with van der Waals surface area (Å²) in [6, 6.07) is 5.52. The molecule has 0 aliphatic carbocycles. The maximum atomic E-state index is 5.28. The molecule has 0 aliphatic heterocycles. The van der Waals surface area contributed by atoms with Gasteiger partial charge >= 0.3 is 0 Å². The van der Waals surface area contributed by atoms with E-state index in [1.807, 2.05) is 31.1 Å². The molecule has 0 unspecified atom stereocenters. The quantitative estimate of drug-likeness (QED) is 0.897. The predicted molar refractivity (Wildman–Crippen MR) is 82.2 cm³/mol. The van der Waals surface area contributed by atoms with Crippen LogP contribution in [0.3, 0.4) is 0 Å². The number of hydrogen-bond donors (Lipinski definition) is 1. The van der Waals surface area contributed by atoms with Crippen molar-refractivity contribution in [3.8, 4) is 22.9 Å². The van der Waals surface area contributed by atoms with E-state index in [0.29, 0.717) is 29.2 Å². The van der Waals surface area contributed by atoms with Crippen molar-refractivity contribution in [2.24, 2.45) is 0 Å². The zero-order valence-corrected chi connectivity index (χ0v) is 12.8. The van der Waals surface area contributed by atoms with Crippen LogP contribution in [0.2, 0.25) is 0 Å². The van der Waals surface area contributed by atoms with E-state index in [4.69, 9.17) is 9.47 Å². The third kappa shape index (κ3) is 3.31. The Bertz CT molecular complexity index is 609. The number of methoxy groups -OCH3 is 2. The zero-order valence-electron chi connectivity index (χ0n) is 12.8. The third-order valence-electron chi connectivity index (χ3n) is 2.86. The van der Waals surface area contributed by atoms with E-state index < -0.39 is 0 Å². The molecule has 2 rings (SSSR count). The Hall–Kier alpha value is -2.57. The molecule has 7 nitrogen and oxygen atoms in total. The van der Waals surface area contributed by atoms with Crippen molar-refractivity contribution in [2.45, 2.75) is 0 Å². The van der Waals surface area contributed by atoms with Crippen LogP contribution in [0.1, 0.15) is 0 Å². The Morgan fingerprint density at radius 3 is 2.05 bits per heavy atom. The van der Waals surface area contributed by atoms with Crippen molar-refractivity contribution in [1.82, 2.24) is 15.0 Å². The summed E-state index contributed by atoms with van der Waals surface area (Å²) in [4.78, 5) is 15.0. The number of nitrogens with one attached hydrogen (secondary N) is 1. The average molecular weight is 289 g/mol. The molecule has 0 saturated heterocycles. The van der Waals surface area contributed by atoms with Crippen LogP contribution in [-0.2, 0) is 0 Å². The van der Waals surface area contributed by atoms with Crippen LogP contribution in [-0.4, -0.2) is 50.3 Å². The summed E-state index contributed by atoms with van der Waals surface area (Å²) in [6.45, 7) is 0. The van der Waals surface area contributed by atoms with E-state index in [0.717, 1.165) is 5.56 Å². The second-order valence-electron chi connectivity index (χ2n) is 4.53. The highest BCUT2D eigenvalue weighted by Gasteiger charge is 2.11. The molecule has 0 saturated carbocycles. The van der Waals surface area contributed by atoms with Crippen molar-refractivity contribution >= 4 is 11.9 Å². The van der Waals surface area contributed by atoms with Gasteiger partial charge in [-0.1, -0.05) is 0 Å². The molecule has 0 spiro atoms. The smallest absolute Gasteiger partial charge is 0.230 e. The van der Waals surface area contributed by atoms with E-state index in [2.05, 4.69) is 20.3 Å². The molecule has 0 aliphatic rings. The molecule has 0 fully saturated rings. The minimum absolute atomic E-state index is 0.505. The van der Waals surface area contributed by atoms with E-state index in [-0.39, 0.29) is 0 Å². The first kappa shape index (κ1) is 14.8. The second-order valence-corrected chi connectivity index (χ2v) is 4.53. The predicted octanol–water partition coefficient (Wildman–Crippen LogP) is 1.66. The standard InChI is InChI=1S/C14H19N5O2/c1-15-13-16-12(17-14(18-13)19(2)3)9-6-10(20-4)8-11(7-9)21-5/h6-8H,1-5H3,(H,15,16,17,18). The Labute approximate surface area is 124 Å².